The second-order valence-corrected chi connectivity index (χ2v) is 9.58. The molecule has 184 valence electrons. The standard InChI is InChI=1S/C29H26BrClN2O3/c1-32-29(35)25(17-20-7-3-2-4-8-20)33(18-21-11-14-23(31)15-12-21)27(34)19-36-26-16-13-22-9-5-6-10-24(22)28(26)30/h2-16,25H,17-19H2,1H3,(H,32,35)/t25-/m0/s1. The number of fused-ring (bicyclic) bond motifs is 1. The Morgan fingerprint density at radius 3 is 2.33 bits per heavy atom. The van der Waals surface area contributed by atoms with Gasteiger partial charge in [0.1, 0.15) is 11.8 Å². The molecule has 0 aliphatic heterocycles. The third-order valence-corrected chi connectivity index (χ3v) is 7.03. The van der Waals surface area contributed by atoms with E-state index in [0.29, 0.717) is 17.2 Å². The van der Waals surface area contributed by atoms with E-state index in [9.17, 15) is 9.59 Å². The van der Waals surface area contributed by atoms with Crippen LogP contribution in [0, 0.1) is 0 Å². The van der Waals surface area contributed by atoms with Crippen LogP contribution in [0.3, 0.4) is 0 Å². The summed E-state index contributed by atoms with van der Waals surface area (Å²) in [6, 6.07) is 27.9. The Balaban J connectivity index is 1.61. The minimum atomic E-state index is -0.718. The Kier molecular flexibility index (Phi) is 8.62. The van der Waals surface area contributed by atoms with Crippen LogP contribution in [0.25, 0.3) is 10.8 Å². The molecule has 1 atom stereocenters. The number of benzene rings is 4. The summed E-state index contributed by atoms with van der Waals surface area (Å²) in [7, 11) is 1.58. The minimum Gasteiger partial charge on any atom is -0.483 e. The lowest BCUT2D eigenvalue weighted by atomic mass is 10.0. The van der Waals surface area contributed by atoms with Gasteiger partial charge >= 0.3 is 0 Å². The Morgan fingerprint density at radius 1 is 0.917 bits per heavy atom. The highest BCUT2D eigenvalue weighted by atomic mass is 79.9. The zero-order chi connectivity index (χ0) is 25.5. The fourth-order valence-corrected chi connectivity index (χ4v) is 4.79. The fourth-order valence-electron chi connectivity index (χ4n) is 4.05. The number of hydrogen-bond acceptors (Lipinski definition) is 3. The summed E-state index contributed by atoms with van der Waals surface area (Å²) in [5.74, 6) is 0.0237. The molecule has 4 aromatic carbocycles. The van der Waals surface area contributed by atoms with E-state index in [4.69, 9.17) is 16.3 Å². The lowest BCUT2D eigenvalue weighted by molar-refractivity contribution is -0.142. The number of nitrogens with zero attached hydrogens (tertiary/aromatic N) is 1. The molecule has 0 radical (unpaired) electrons. The third-order valence-electron chi connectivity index (χ3n) is 5.96. The van der Waals surface area contributed by atoms with E-state index in [1.54, 1.807) is 24.1 Å². The molecule has 0 saturated carbocycles. The topological polar surface area (TPSA) is 58.6 Å². The van der Waals surface area contributed by atoms with Crippen LogP contribution < -0.4 is 10.1 Å². The fraction of sp³-hybridized carbons (Fsp3) is 0.172. The summed E-state index contributed by atoms with van der Waals surface area (Å²) in [6.45, 7) is 0.0238. The van der Waals surface area contributed by atoms with Crippen molar-refractivity contribution in [3.8, 4) is 5.75 Å². The third kappa shape index (κ3) is 6.25. The van der Waals surface area contributed by atoms with Gasteiger partial charge in [-0.3, -0.25) is 9.59 Å². The van der Waals surface area contributed by atoms with E-state index in [1.807, 2.05) is 78.9 Å². The van der Waals surface area contributed by atoms with Crippen LogP contribution in [0.5, 0.6) is 5.75 Å². The first-order valence-electron chi connectivity index (χ1n) is 11.6. The lowest BCUT2D eigenvalue weighted by Gasteiger charge is -2.31. The first-order valence-corrected chi connectivity index (χ1v) is 12.7. The average molecular weight is 566 g/mol. The summed E-state index contributed by atoms with van der Waals surface area (Å²) >= 11 is 9.67. The molecule has 0 bridgehead atoms. The van der Waals surface area contributed by atoms with Crippen LogP contribution in [-0.4, -0.2) is 36.4 Å². The Labute approximate surface area is 224 Å². The van der Waals surface area contributed by atoms with Gasteiger partial charge < -0.3 is 15.0 Å². The van der Waals surface area contributed by atoms with Crippen molar-refractivity contribution in [3.05, 3.63) is 112 Å². The molecule has 5 nitrogen and oxygen atoms in total. The Hall–Kier alpha value is -3.35. The normalized spacial score (nSPS) is 11.6. The summed E-state index contributed by atoms with van der Waals surface area (Å²) in [5.41, 5.74) is 1.82. The highest BCUT2D eigenvalue weighted by Gasteiger charge is 2.30. The van der Waals surface area contributed by atoms with Crippen molar-refractivity contribution in [1.82, 2.24) is 10.2 Å². The number of amides is 2. The van der Waals surface area contributed by atoms with Gasteiger partial charge in [-0.1, -0.05) is 84.4 Å². The molecule has 0 unspecified atom stereocenters. The number of carbonyl (C=O) groups is 2. The molecule has 1 N–H and O–H groups in total. The van der Waals surface area contributed by atoms with Crippen LogP contribution >= 0.6 is 27.5 Å². The van der Waals surface area contributed by atoms with Crippen molar-refractivity contribution in [3.63, 3.8) is 0 Å². The van der Waals surface area contributed by atoms with Crippen LogP contribution in [0.1, 0.15) is 11.1 Å². The number of carbonyl (C=O) groups excluding carboxylic acids is 2. The summed E-state index contributed by atoms with van der Waals surface area (Å²) in [4.78, 5) is 28.2. The van der Waals surface area contributed by atoms with Gasteiger partial charge in [-0.05, 0) is 56.0 Å². The van der Waals surface area contributed by atoms with E-state index in [-0.39, 0.29) is 25.0 Å². The Bertz CT molecular complexity index is 1350. The molecule has 36 heavy (non-hydrogen) atoms. The second-order valence-electron chi connectivity index (χ2n) is 8.36. The highest BCUT2D eigenvalue weighted by Crippen LogP contribution is 2.33. The molecule has 7 heteroatoms. The van der Waals surface area contributed by atoms with Crippen molar-refractivity contribution in [2.45, 2.75) is 19.0 Å². The quantitative estimate of drug-likeness (QED) is 0.270. The van der Waals surface area contributed by atoms with Gasteiger partial charge in [-0.15, -0.1) is 0 Å². The van der Waals surface area contributed by atoms with Crippen LogP contribution in [-0.2, 0) is 22.6 Å². The van der Waals surface area contributed by atoms with Gasteiger partial charge in [-0.25, -0.2) is 0 Å². The van der Waals surface area contributed by atoms with Crippen LogP contribution in [0.4, 0.5) is 0 Å². The van der Waals surface area contributed by atoms with Crippen molar-refractivity contribution >= 4 is 50.1 Å². The number of hydrogen-bond donors (Lipinski definition) is 1. The largest absolute Gasteiger partial charge is 0.483 e. The predicted octanol–water partition coefficient (Wildman–Crippen LogP) is 6.02. The maximum Gasteiger partial charge on any atom is 0.261 e. The molecule has 0 fully saturated rings. The van der Waals surface area contributed by atoms with E-state index in [1.165, 1.54) is 0 Å². The molecule has 4 aromatic rings. The number of ether oxygens (including phenoxy) is 1. The Morgan fingerprint density at radius 2 is 1.61 bits per heavy atom. The molecule has 0 aliphatic carbocycles. The summed E-state index contributed by atoms with van der Waals surface area (Å²) < 4.78 is 6.75. The minimum absolute atomic E-state index is 0.215. The smallest absolute Gasteiger partial charge is 0.261 e. The highest BCUT2D eigenvalue weighted by molar-refractivity contribution is 9.10. The van der Waals surface area contributed by atoms with Gasteiger partial charge in [0.05, 0.1) is 4.47 Å². The van der Waals surface area contributed by atoms with Crippen LogP contribution in [0.2, 0.25) is 5.02 Å². The van der Waals surface area contributed by atoms with Gasteiger partial charge in [0.2, 0.25) is 5.91 Å². The van der Waals surface area contributed by atoms with Crippen LogP contribution in [0.15, 0.2) is 95.5 Å². The molecule has 4 rings (SSSR count). The number of likely N-dealkylation sites (N-methyl/N-ethyl adjacent to an activating group) is 1. The van der Waals surface area contributed by atoms with Crippen molar-refractivity contribution in [1.29, 1.82) is 0 Å². The zero-order valence-electron chi connectivity index (χ0n) is 19.8. The van der Waals surface area contributed by atoms with Crippen molar-refractivity contribution in [2.24, 2.45) is 0 Å². The molecule has 0 spiro atoms. The summed E-state index contributed by atoms with van der Waals surface area (Å²) in [5, 5.41) is 5.38. The van der Waals surface area contributed by atoms with Gasteiger partial charge in [0.25, 0.3) is 5.91 Å². The molecule has 0 saturated heterocycles. The average Bonchev–Trinajstić information content (AvgIpc) is 2.91. The molecule has 0 heterocycles. The SMILES string of the molecule is CNC(=O)[C@H](Cc1ccccc1)N(Cc1ccc(Cl)cc1)C(=O)COc1ccc2ccccc2c1Br. The second kappa shape index (κ2) is 12.1. The van der Waals surface area contributed by atoms with E-state index < -0.39 is 6.04 Å². The van der Waals surface area contributed by atoms with E-state index >= 15 is 0 Å². The number of halogens is 2. The maximum absolute atomic E-state index is 13.6. The molecule has 2 amide bonds. The summed E-state index contributed by atoms with van der Waals surface area (Å²) in [6.07, 6.45) is 0.375. The predicted molar refractivity (Wildman–Crippen MR) is 147 cm³/mol. The molecular weight excluding hydrogens is 540 g/mol. The lowest BCUT2D eigenvalue weighted by Crippen LogP contribution is -2.51. The van der Waals surface area contributed by atoms with E-state index in [2.05, 4.69) is 21.2 Å². The van der Waals surface area contributed by atoms with Crippen molar-refractivity contribution < 1.29 is 14.3 Å². The molecular formula is C29H26BrClN2O3. The number of rotatable bonds is 9. The number of nitrogens with one attached hydrogen (secondary N) is 1. The first-order chi connectivity index (χ1) is 17.5. The first kappa shape index (κ1) is 25.7. The molecule has 0 aromatic heterocycles. The zero-order valence-corrected chi connectivity index (χ0v) is 22.1. The maximum atomic E-state index is 13.6. The van der Waals surface area contributed by atoms with Gasteiger partial charge in [-0.2, -0.15) is 0 Å². The molecule has 0 aliphatic rings. The monoisotopic (exact) mass is 564 g/mol. The van der Waals surface area contributed by atoms with Crippen molar-refractivity contribution in [2.75, 3.05) is 13.7 Å². The van der Waals surface area contributed by atoms with Gasteiger partial charge in [0.15, 0.2) is 6.61 Å². The van der Waals surface area contributed by atoms with E-state index in [0.717, 1.165) is 26.4 Å². The van der Waals surface area contributed by atoms with Gasteiger partial charge in [0, 0.05) is 25.0 Å².